The zero-order valence-corrected chi connectivity index (χ0v) is 7.68. The molecule has 0 aromatic heterocycles. The summed E-state index contributed by atoms with van der Waals surface area (Å²) in [5.41, 5.74) is 0. The molecule has 64 valence electrons. The Morgan fingerprint density at radius 3 is 2.36 bits per heavy atom. The fraction of sp³-hybridized carbons (Fsp3) is 1.00. The van der Waals surface area contributed by atoms with Gasteiger partial charge in [-0.3, -0.25) is 0 Å². The zero-order chi connectivity index (χ0) is 7.68. The Bertz CT molecular complexity index is 124. The van der Waals surface area contributed by atoms with Crippen LogP contribution in [0.25, 0.3) is 0 Å². The van der Waals surface area contributed by atoms with Gasteiger partial charge in [0.2, 0.25) is 0 Å². The van der Waals surface area contributed by atoms with E-state index < -0.39 is 0 Å². The van der Waals surface area contributed by atoms with Gasteiger partial charge in [0.25, 0.3) is 0 Å². The minimum atomic E-state index is 1.13. The van der Waals surface area contributed by atoms with Crippen molar-refractivity contribution in [3.8, 4) is 0 Å². The lowest BCUT2D eigenvalue weighted by Crippen LogP contribution is -2.10. The van der Waals surface area contributed by atoms with Gasteiger partial charge in [-0.25, -0.2) is 0 Å². The van der Waals surface area contributed by atoms with E-state index in [4.69, 9.17) is 0 Å². The maximum Gasteiger partial charge on any atom is -0.0383 e. The molecule has 2 atom stereocenters. The number of hydrogen-bond acceptors (Lipinski definition) is 0. The first-order valence-electron chi connectivity index (χ1n) is 5.40. The highest BCUT2D eigenvalue weighted by molar-refractivity contribution is 4.86. The van der Waals surface area contributed by atoms with E-state index in [1.165, 1.54) is 12.8 Å². The Kier molecular flexibility index (Phi) is 2.20. The molecule has 0 aliphatic heterocycles. The standard InChI is InChI=1S/C11H20/c1-2-10-8-11(10)7-6-9-4-3-5-9/h9-11H,2-8H2,1H3. The molecule has 11 heavy (non-hydrogen) atoms. The first-order chi connectivity index (χ1) is 5.40. The predicted molar refractivity (Wildman–Crippen MR) is 48.5 cm³/mol. The summed E-state index contributed by atoms with van der Waals surface area (Å²) in [5.74, 6) is 3.43. The van der Waals surface area contributed by atoms with E-state index in [0.717, 1.165) is 17.8 Å². The minimum absolute atomic E-state index is 1.13. The monoisotopic (exact) mass is 152 g/mol. The second-order valence-corrected chi connectivity index (χ2v) is 4.54. The molecule has 0 aromatic rings. The van der Waals surface area contributed by atoms with Gasteiger partial charge < -0.3 is 0 Å². The molecule has 2 fully saturated rings. The predicted octanol–water partition coefficient (Wildman–Crippen LogP) is 3.61. The quantitative estimate of drug-likeness (QED) is 0.577. The van der Waals surface area contributed by atoms with Crippen molar-refractivity contribution in [2.24, 2.45) is 17.8 Å². The molecule has 2 saturated carbocycles. The molecule has 0 nitrogen and oxygen atoms in total. The van der Waals surface area contributed by atoms with E-state index in [9.17, 15) is 0 Å². The first-order valence-corrected chi connectivity index (χ1v) is 5.40. The van der Waals surface area contributed by atoms with Crippen molar-refractivity contribution in [3.63, 3.8) is 0 Å². The molecule has 2 aliphatic rings. The lowest BCUT2D eigenvalue weighted by atomic mass is 9.81. The molecular weight excluding hydrogens is 132 g/mol. The van der Waals surface area contributed by atoms with Gasteiger partial charge in [0.15, 0.2) is 0 Å². The van der Waals surface area contributed by atoms with Gasteiger partial charge in [-0.15, -0.1) is 0 Å². The van der Waals surface area contributed by atoms with E-state index >= 15 is 0 Å². The van der Waals surface area contributed by atoms with E-state index in [0.29, 0.717) is 0 Å². The summed E-state index contributed by atoms with van der Waals surface area (Å²) in [7, 11) is 0. The van der Waals surface area contributed by atoms with Crippen molar-refractivity contribution < 1.29 is 0 Å². The van der Waals surface area contributed by atoms with Crippen molar-refractivity contribution in [1.82, 2.24) is 0 Å². The second-order valence-electron chi connectivity index (χ2n) is 4.54. The third-order valence-corrected chi connectivity index (χ3v) is 3.76. The first kappa shape index (κ1) is 7.64. The van der Waals surface area contributed by atoms with E-state index in [1.807, 2.05) is 0 Å². The summed E-state index contributed by atoms with van der Waals surface area (Å²) >= 11 is 0. The molecule has 0 heteroatoms. The molecule has 0 aromatic carbocycles. The highest BCUT2D eigenvalue weighted by Gasteiger charge is 2.35. The van der Waals surface area contributed by atoms with Crippen LogP contribution in [0.5, 0.6) is 0 Å². The minimum Gasteiger partial charge on any atom is -0.0651 e. The average Bonchev–Trinajstić information content (AvgIpc) is 2.64. The fourth-order valence-corrected chi connectivity index (χ4v) is 2.40. The Hall–Kier alpha value is 0. The van der Waals surface area contributed by atoms with Gasteiger partial charge in [0, 0.05) is 0 Å². The summed E-state index contributed by atoms with van der Waals surface area (Å²) in [6, 6.07) is 0. The normalized spacial score (nSPS) is 36.8. The SMILES string of the molecule is CCC1CC1CCC1CCC1. The van der Waals surface area contributed by atoms with Crippen LogP contribution in [0.1, 0.15) is 51.9 Å². The molecule has 0 bridgehead atoms. The molecule has 0 saturated heterocycles. The van der Waals surface area contributed by atoms with Crippen molar-refractivity contribution in [3.05, 3.63) is 0 Å². The Morgan fingerprint density at radius 2 is 1.91 bits per heavy atom. The Balaban J connectivity index is 1.54. The smallest absolute Gasteiger partial charge is 0.0383 e. The second kappa shape index (κ2) is 3.16. The van der Waals surface area contributed by atoms with Crippen molar-refractivity contribution in [1.29, 1.82) is 0 Å². The van der Waals surface area contributed by atoms with Crippen LogP contribution in [0.4, 0.5) is 0 Å². The van der Waals surface area contributed by atoms with Gasteiger partial charge in [-0.1, -0.05) is 39.0 Å². The van der Waals surface area contributed by atoms with Crippen molar-refractivity contribution in [2.75, 3.05) is 0 Å². The third-order valence-electron chi connectivity index (χ3n) is 3.76. The molecule has 0 spiro atoms. The van der Waals surface area contributed by atoms with E-state index in [-0.39, 0.29) is 0 Å². The number of rotatable bonds is 4. The largest absolute Gasteiger partial charge is 0.0651 e. The molecule has 0 radical (unpaired) electrons. The fourth-order valence-electron chi connectivity index (χ4n) is 2.40. The molecule has 2 rings (SSSR count). The lowest BCUT2D eigenvalue weighted by Gasteiger charge is -2.25. The molecular formula is C11H20. The Morgan fingerprint density at radius 1 is 1.09 bits per heavy atom. The summed E-state index contributed by atoms with van der Waals surface area (Å²) in [6.45, 7) is 2.34. The highest BCUT2D eigenvalue weighted by Crippen LogP contribution is 2.46. The maximum atomic E-state index is 2.34. The summed E-state index contributed by atoms with van der Waals surface area (Å²) < 4.78 is 0. The van der Waals surface area contributed by atoms with Gasteiger partial charge in [0.05, 0.1) is 0 Å². The van der Waals surface area contributed by atoms with Crippen molar-refractivity contribution in [2.45, 2.75) is 51.9 Å². The van der Waals surface area contributed by atoms with Gasteiger partial charge in [0.1, 0.15) is 0 Å². The van der Waals surface area contributed by atoms with Crippen molar-refractivity contribution >= 4 is 0 Å². The van der Waals surface area contributed by atoms with Crippen LogP contribution < -0.4 is 0 Å². The van der Waals surface area contributed by atoms with Gasteiger partial charge in [-0.05, 0) is 30.6 Å². The topological polar surface area (TPSA) is 0 Å². The van der Waals surface area contributed by atoms with Gasteiger partial charge >= 0.3 is 0 Å². The number of hydrogen-bond donors (Lipinski definition) is 0. The molecule has 0 amide bonds. The van der Waals surface area contributed by atoms with E-state index in [2.05, 4.69) is 6.92 Å². The summed E-state index contributed by atoms with van der Waals surface area (Å²) in [4.78, 5) is 0. The highest BCUT2D eigenvalue weighted by atomic mass is 14.4. The van der Waals surface area contributed by atoms with Crippen LogP contribution in [0.15, 0.2) is 0 Å². The van der Waals surface area contributed by atoms with Crippen LogP contribution >= 0.6 is 0 Å². The van der Waals surface area contributed by atoms with Crippen LogP contribution in [0.3, 0.4) is 0 Å². The van der Waals surface area contributed by atoms with Crippen LogP contribution in [-0.4, -0.2) is 0 Å². The third kappa shape index (κ3) is 1.77. The molecule has 0 heterocycles. The van der Waals surface area contributed by atoms with E-state index in [1.54, 1.807) is 32.1 Å². The molecule has 0 N–H and O–H groups in total. The van der Waals surface area contributed by atoms with Crippen LogP contribution in [-0.2, 0) is 0 Å². The Labute approximate surface area is 70.4 Å². The van der Waals surface area contributed by atoms with Crippen LogP contribution in [0.2, 0.25) is 0 Å². The summed E-state index contributed by atoms with van der Waals surface area (Å²) in [5, 5.41) is 0. The maximum absolute atomic E-state index is 2.34. The average molecular weight is 152 g/mol. The lowest BCUT2D eigenvalue weighted by molar-refractivity contribution is 0.282. The summed E-state index contributed by atoms with van der Waals surface area (Å²) in [6.07, 6.45) is 10.7. The zero-order valence-electron chi connectivity index (χ0n) is 7.68. The molecule has 2 unspecified atom stereocenters. The van der Waals surface area contributed by atoms with Crippen LogP contribution in [0, 0.1) is 17.8 Å². The van der Waals surface area contributed by atoms with Gasteiger partial charge in [-0.2, -0.15) is 0 Å². The molecule has 2 aliphatic carbocycles.